The first kappa shape index (κ1) is 19.8. The van der Waals surface area contributed by atoms with E-state index in [1.165, 1.54) is 11.8 Å². The molecule has 144 valence electrons. The van der Waals surface area contributed by atoms with E-state index >= 15 is 0 Å². The maximum atomic E-state index is 12.4. The molecule has 1 amide bonds. The van der Waals surface area contributed by atoms with Crippen molar-refractivity contribution in [2.45, 2.75) is 31.6 Å². The van der Waals surface area contributed by atoms with Crippen LogP contribution < -0.4 is 5.32 Å². The summed E-state index contributed by atoms with van der Waals surface area (Å²) in [5.74, 6) is 0.837. The molecule has 0 spiro atoms. The molecule has 0 aliphatic rings. The first-order valence-electron chi connectivity index (χ1n) is 9.10. The van der Waals surface area contributed by atoms with Crippen molar-refractivity contribution in [3.8, 4) is 0 Å². The number of aromatic nitrogens is 3. The van der Waals surface area contributed by atoms with E-state index < -0.39 is 0 Å². The molecule has 2 aromatic carbocycles. The zero-order valence-electron chi connectivity index (χ0n) is 15.8. The molecule has 0 saturated carbocycles. The molecule has 6 nitrogen and oxygen atoms in total. The minimum Gasteiger partial charge on any atom is -0.342 e. The average molecular weight is 395 g/mol. The topological polar surface area (TPSA) is 76.9 Å². The molecule has 0 bridgehead atoms. The summed E-state index contributed by atoms with van der Waals surface area (Å²) in [4.78, 5) is 24.7. The highest BCUT2D eigenvalue weighted by Gasteiger charge is 2.20. The third kappa shape index (κ3) is 4.67. The Morgan fingerprint density at radius 1 is 1.00 bits per heavy atom. The minimum atomic E-state index is -0.306. The van der Waals surface area contributed by atoms with E-state index in [0.29, 0.717) is 28.7 Å². The number of rotatable bonds is 8. The summed E-state index contributed by atoms with van der Waals surface area (Å²) in [5, 5.41) is 12.1. The molecule has 1 heterocycles. The Balaban J connectivity index is 1.67. The number of amides is 1. The number of carbonyl (C=O) groups is 2. The van der Waals surface area contributed by atoms with Crippen LogP contribution in [-0.2, 0) is 6.54 Å². The van der Waals surface area contributed by atoms with Crippen LogP contribution in [0.4, 0.5) is 0 Å². The monoisotopic (exact) mass is 394 g/mol. The maximum absolute atomic E-state index is 12.4. The van der Waals surface area contributed by atoms with Gasteiger partial charge in [0.2, 0.25) is 0 Å². The van der Waals surface area contributed by atoms with Crippen LogP contribution >= 0.6 is 11.8 Å². The molecule has 0 aliphatic heterocycles. The van der Waals surface area contributed by atoms with Crippen molar-refractivity contribution in [2.75, 3.05) is 5.75 Å². The lowest BCUT2D eigenvalue weighted by molar-refractivity contribution is 0.0936. The number of carbonyl (C=O) groups excluding carboxylic acids is 2. The van der Waals surface area contributed by atoms with E-state index in [9.17, 15) is 9.59 Å². The molecular weight excluding hydrogens is 372 g/mol. The van der Waals surface area contributed by atoms with Gasteiger partial charge in [-0.25, -0.2) is 0 Å². The zero-order valence-corrected chi connectivity index (χ0v) is 16.6. The van der Waals surface area contributed by atoms with Gasteiger partial charge in [-0.2, -0.15) is 0 Å². The van der Waals surface area contributed by atoms with Gasteiger partial charge in [0.15, 0.2) is 16.8 Å². The smallest absolute Gasteiger partial charge is 0.251 e. The Hall–Kier alpha value is -2.93. The third-order valence-electron chi connectivity index (χ3n) is 4.26. The molecule has 1 N–H and O–H groups in total. The van der Waals surface area contributed by atoms with Crippen LogP contribution in [0.5, 0.6) is 0 Å². The van der Waals surface area contributed by atoms with E-state index in [0.717, 1.165) is 0 Å². The fraction of sp³-hybridized carbons (Fsp3) is 0.238. The van der Waals surface area contributed by atoms with Crippen LogP contribution in [0.25, 0.3) is 0 Å². The molecule has 3 aromatic rings. The van der Waals surface area contributed by atoms with Crippen LogP contribution in [0.2, 0.25) is 0 Å². The van der Waals surface area contributed by atoms with Crippen LogP contribution in [0, 0.1) is 0 Å². The van der Waals surface area contributed by atoms with Gasteiger partial charge in [-0.3, -0.25) is 9.59 Å². The lowest BCUT2D eigenvalue weighted by atomic mass is 10.2. The summed E-state index contributed by atoms with van der Waals surface area (Å²) >= 11 is 1.36. The highest BCUT2D eigenvalue weighted by Crippen LogP contribution is 2.22. The summed E-state index contributed by atoms with van der Waals surface area (Å²) in [6.07, 6.45) is 0. The van der Waals surface area contributed by atoms with E-state index in [4.69, 9.17) is 0 Å². The van der Waals surface area contributed by atoms with Crippen LogP contribution in [0.3, 0.4) is 0 Å². The third-order valence-corrected chi connectivity index (χ3v) is 5.23. The fourth-order valence-corrected chi connectivity index (χ4v) is 3.70. The van der Waals surface area contributed by atoms with Crippen molar-refractivity contribution >= 4 is 23.5 Å². The van der Waals surface area contributed by atoms with E-state index in [1.54, 1.807) is 24.3 Å². The summed E-state index contributed by atoms with van der Waals surface area (Å²) in [7, 11) is 0. The molecule has 1 atom stereocenters. The summed E-state index contributed by atoms with van der Waals surface area (Å²) < 4.78 is 1.93. The van der Waals surface area contributed by atoms with E-state index in [-0.39, 0.29) is 23.5 Å². The molecule has 1 unspecified atom stereocenters. The summed E-state index contributed by atoms with van der Waals surface area (Å²) in [5.41, 5.74) is 1.28. The highest BCUT2D eigenvalue weighted by molar-refractivity contribution is 7.99. The molecule has 0 saturated heterocycles. The number of Topliss-reactive ketones (excluding diaryl/α,β-unsaturated/α-hetero) is 1. The number of nitrogens with zero attached hydrogens (tertiary/aromatic N) is 3. The van der Waals surface area contributed by atoms with Crippen LogP contribution in [0.15, 0.2) is 65.8 Å². The van der Waals surface area contributed by atoms with Gasteiger partial charge in [-0.1, -0.05) is 60.3 Å². The number of thioether (sulfide) groups is 1. The van der Waals surface area contributed by atoms with Gasteiger partial charge in [0.05, 0.1) is 11.8 Å². The average Bonchev–Trinajstić information content (AvgIpc) is 3.16. The first-order valence-corrected chi connectivity index (χ1v) is 10.1. The minimum absolute atomic E-state index is 0.0447. The van der Waals surface area contributed by atoms with Crippen molar-refractivity contribution in [2.24, 2.45) is 0 Å². The molecule has 0 aliphatic carbocycles. The lowest BCUT2D eigenvalue weighted by Crippen LogP contribution is -2.28. The van der Waals surface area contributed by atoms with Crippen molar-refractivity contribution in [3.05, 3.63) is 77.6 Å². The predicted molar refractivity (Wildman–Crippen MR) is 110 cm³/mol. The Morgan fingerprint density at radius 3 is 2.21 bits per heavy atom. The Bertz CT molecular complexity index is 942. The predicted octanol–water partition coefficient (Wildman–Crippen LogP) is 3.76. The van der Waals surface area contributed by atoms with Gasteiger partial charge >= 0.3 is 0 Å². The normalized spacial score (nSPS) is 11.8. The Labute approximate surface area is 168 Å². The van der Waals surface area contributed by atoms with Gasteiger partial charge in [0.25, 0.3) is 5.91 Å². The van der Waals surface area contributed by atoms with Crippen molar-refractivity contribution < 1.29 is 9.59 Å². The quantitative estimate of drug-likeness (QED) is 0.465. The van der Waals surface area contributed by atoms with Gasteiger partial charge < -0.3 is 9.88 Å². The van der Waals surface area contributed by atoms with Crippen molar-refractivity contribution in [1.82, 2.24) is 20.1 Å². The molecule has 0 fully saturated rings. The number of nitrogens with one attached hydrogen (secondary N) is 1. The lowest BCUT2D eigenvalue weighted by Gasteiger charge is -2.15. The Kier molecular flexibility index (Phi) is 6.60. The number of hydrogen-bond acceptors (Lipinski definition) is 5. The molecule has 28 heavy (non-hydrogen) atoms. The zero-order chi connectivity index (χ0) is 19.9. The largest absolute Gasteiger partial charge is 0.342 e. The van der Waals surface area contributed by atoms with E-state index in [2.05, 4.69) is 15.5 Å². The first-order chi connectivity index (χ1) is 13.6. The second-order valence-corrected chi connectivity index (χ2v) is 7.17. The van der Waals surface area contributed by atoms with Gasteiger partial charge in [0.1, 0.15) is 0 Å². The van der Waals surface area contributed by atoms with Gasteiger partial charge in [-0.05, 0) is 26.0 Å². The number of hydrogen-bond donors (Lipinski definition) is 1. The van der Waals surface area contributed by atoms with E-state index in [1.807, 2.05) is 54.8 Å². The molecule has 7 heteroatoms. The fourth-order valence-electron chi connectivity index (χ4n) is 2.80. The standard InChI is InChI=1S/C21H22N4O2S/c1-3-25-19(15(2)22-20(27)17-12-8-5-9-13-17)23-24-21(25)28-14-18(26)16-10-6-4-7-11-16/h4-13,15H,3,14H2,1-2H3,(H,22,27). The second kappa shape index (κ2) is 9.32. The summed E-state index contributed by atoms with van der Waals surface area (Å²) in [6, 6.07) is 17.9. The number of ketones is 1. The van der Waals surface area contributed by atoms with Gasteiger partial charge in [0, 0.05) is 17.7 Å². The Morgan fingerprint density at radius 2 is 1.61 bits per heavy atom. The maximum Gasteiger partial charge on any atom is 0.251 e. The molecule has 1 aromatic heterocycles. The van der Waals surface area contributed by atoms with Crippen LogP contribution in [-0.4, -0.2) is 32.2 Å². The van der Waals surface area contributed by atoms with Crippen molar-refractivity contribution in [1.29, 1.82) is 0 Å². The van der Waals surface area contributed by atoms with Crippen molar-refractivity contribution in [3.63, 3.8) is 0 Å². The van der Waals surface area contributed by atoms with Crippen LogP contribution in [0.1, 0.15) is 46.4 Å². The second-order valence-electron chi connectivity index (χ2n) is 6.22. The summed E-state index contributed by atoms with van der Waals surface area (Å²) in [6.45, 7) is 4.51. The molecular formula is C21H22N4O2S. The highest BCUT2D eigenvalue weighted by atomic mass is 32.2. The molecule has 0 radical (unpaired) electrons. The number of benzene rings is 2. The molecule has 3 rings (SSSR count). The SMILES string of the molecule is CCn1c(SCC(=O)c2ccccc2)nnc1C(C)NC(=O)c1ccccc1. The van der Waals surface area contributed by atoms with Gasteiger partial charge in [-0.15, -0.1) is 10.2 Å².